The van der Waals surface area contributed by atoms with Crippen LogP contribution in [0.15, 0.2) is 42.5 Å². The molecule has 0 radical (unpaired) electrons. The molecule has 25 heavy (non-hydrogen) atoms. The van der Waals surface area contributed by atoms with Crippen LogP contribution >= 0.6 is 11.6 Å². The maximum atomic E-state index is 13.1. The number of carbonyl (C=O) groups is 2. The van der Waals surface area contributed by atoms with Gasteiger partial charge in [0.25, 0.3) is 5.91 Å². The lowest BCUT2D eigenvalue weighted by Gasteiger charge is -2.08. The SMILES string of the molecule is CCCCc1ccc(C(=O)NCC(=O)Nc2ccc(F)c(Cl)c2)cc1. The summed E-state index contributed by atoms with van der Waals surface area (Å²) in [6.07, 6.45) is 3.22. The second-order valence-corrected chi connectivity index (χ2v) is 6.07. The van der Waals surface area contributed by atoms with E-state index in [9.17, 15) is 14.0 Å². The van der Waals surface area contributed by atoms with Crippen LogP contribution in [0, 0.1) is 5.82 Å². The molecule has 0 atom stereocenters. The van der Waals surface area contributed by atoms with Gasteiger partial charge in [-0.2, -0.15) is 0 Å². The molecule has 0 aromatic heterocycles. The third kappa shape index (κ3) is 5.87. The van der Waals surface area contributed by atoms with Crippen molar-refractivity contribution in [3.8, 4) is 0 Å². The summed E-state index contributed by atoms with van der Waals surface area (Å²) in [7, 11) is 0. The molecule has 2 aromatic carbocycles. The Morgan fingerprint density at radius 2 is 1.84 bits per heavy atom. The number of hydrogen-bond acceptors (Lipinski definition) is 2. The number of carbonyl (C=O) groups excluding carboxylic acids is 2. The van der Waals surface area contributed by atoms with E-state index in [1.165, 1.54) is 17.7 Å². The minimum atomic E-state index is -0.560. The Morgan fingerprint density at radius 1 is 1.12 bits per heavy atom. The van der Waals surface area contributed by atoms with Crippen molar-refractivity contribution in [2.24, 2.45) is 0 Å². The van der Waals surface area contributed by atoms with Gasteiger partial charge in [0.05, 0.1) is 11.6 Å². The summed E-state index contributed by atoms with van der Waals surface area (Å²) in [5, 5.41) is 5.02. The number of benzene rings is 2. The molecule has 0 aliphatic heterocycles. The monoisotopic (exact) mass is 362 g/mol. The number of rotatable bonds is 7. The van der Waals surface area contributed by atoms with Gasteiger partial charge in [-0.1, -0.05) is 37.1 Å². The maximum Gasteiger partial charge on any atom is 0.251 e. The number of nitrogens with one attached hydrogen (secondary N) is 2. The first-order chi connectivity index (χ1) is 12.0. The summed E-state index contributed by atoms with van der Waals surface area (Å²) in [6.45, 7) is 1.94. The van der Waals surface area contributed by atoms with Crippen molar-refractivity contribution in [2.75, 3.05) is 11.9 Å². The van der Waals surface area contributed by atoms with E-state index in [2.05, 4.69) is 17.6 Å². The van der Waals surface area contributed by atoms with Crippen LogP contribution in [0.25, 0.3) is 0 Å². The van der Waals surface area contributed by atoms with Crippen LogP contribution in [0.5, 0.6) is 0 Å². The minimum Gasteiger partial charge on any atom is -0.343 e. The van der Waals surface area contributed by atoms with Gasteiger partial charge in [0, 0.05) is 11.3 Å². The fourth-order valence-corrected chi connectivity index (χ4v) is 2.43. The van der Waals surface area contributed by atoms with Crippen LogP contribution in [0.2, 0.25) is 5.02 Å². The maximum absolute atomic E-state index is 13.1. The van der Waals surface area contributed by atoms with E-state index in [4.69, 9.17) is 11.6 Å². The third-order valence-corrected chi connectivity index (χ3v) is 3.94. The van der Waals surface area contributed by atoms with Gasteiger partial charge in [-0.3, -0.25) is 9.59 Å². The first-order valence-corrected chi connectivity index (χ1v) is 8.49. The van der Waals surface area contributed by atoms with Gasteiger partial charge in [0.15, 0.2) is 0 Å². The zero-order valence-electron chi connectivity index (χ0n) is 13.9. The highest BCUT2D eigenvalue weighted by Gasteiger charge is 2.09. The van der Waals surface area contributed by atoms with Gasteiger partial charge >= 0.3 is 0 Å². The Kier molecular flexibility index (Phi) is 6.95. The van der Waals surface area contributed by atoms with Crippen molar-refractivity contribution < 1.29 is 14.0 Å². The van der Waals surface area contributed by atoms with Crippen molar-refractivity contribution in [3.05, 3.63) is 64.4 Å². The Bertz CT molecular complexity index is 748. The normalized spacial score (nSPS) is 10.4. The van der Waals surface area contributed by atoms with Crippen LogP contribution in [0.1, 0.15) is 35.7 Å². The molecule has 0 spiro atoms. The van der Waals surface area contributed by atoms with Gasteiger partial charge in [0.1, 0.15) is 5.82 Å². The highest BCUT2D eigenvalue weighted by molar-refractivity contribution is 6.31. The van der Waals surface area contributed by atoms with Crippen LogP contribution in [-0.4, -0.2) is 18.4 Å². The highest BCUT2D eigenvalue weighted by Crippen LogP contribution is 2.19. The van der Waals surface area contributed by atoms with E-state index in [0.717, 1.165) is 25.3 Å². The lowest BCUT2D eigenvalue weighted by molar-refractivity contribution is -0.115. The molecule has 2 N–H and O–H groups in total. The molecule has 0 saturated carbocycles. The first-order valence-electron chi connectivity index (χ1n) is 8.11. The lowest BCUT2D eigenvalue weighted by Crippen LogP contribution is -2.32. The molecule has 132 valence electrons. The molecule has 6 heteroatoms. The Hall–Kier alpha value is -2.40. The van der Waals surface area contributed by atoms with E-state index < -0.39 is 11.7 Å². The smallest absolute Gasteiger partial charge is 0.251 e. The highest BCUT2D eigenvalue weighted by atomic mass is 35.5. The van der Waals surface area contributed by atoms with Gasteiger partial charge < -0.3 is 10.6 Å². The average Bonchev–Trinajstić information content (AvgIpc) is 2.61. The molecular formula is C19H20ClFN2O2. The predicted molar refractivity (Wildman–Crippen MR) is 97.4 cm³/mol. The molecule has 2 aromatic rings. The van der Waals surface area contributed by atoms with E-state index in [1.54, 1.807) is 12.1 Å². The molecule has 2 rings (SSSR count). The molecule has 0 aliphatic rings. The number of aryl methyl sites for hydroxylation is 1. The summed E-state index contributed by atoms with van der Waals surface area (Å²) in [6, 6.07) is 11.2. The third-order valence-electron chi connectivity index (χ3n) is 3.65. The van der Waals surface area contributed by atoms with Gasteiger partial charge in [-0.25, -0.2) is 4.39 Å². The Balaban J connectivity index is 1.84. The molecule has 0 heterocycles. The quantitative estimate of drug-likeness (QED) is 0.775. The second kappa shape index (κ2) is 9.18. The standard InChI is InChI=1S/C19H20ClFN2O2/c1-2-3-4-13-5-7-14(8-6-13)19(25)22-12-18(24)23-15-9-10-17(21)16(20)11-15/h5-11H,2-4,12H2,1H3,(H,22,25)(H,23,24). The fourth-order valence-electron chi connectivity index (χ4n) is 2.25. The molecule has 0 saturated heterocycles. The molecule has 0 bridgehead atoms. The van der Waals surface area contributed by atoms with E-state index in [1.807, 2.05) is 12.1 Å². The Morgan fingerprint density at radius 3 is 2.48 bits per heavy atom. The van der Waals surface area contributed by atoms with Crippen molar-refractivity contribution >= 4 is 29.1 Å². The van der Waals surface area contributed by atoms with Crippen LogP contribution < -0.4 is 10.6 Å². The first kappa shape index (κ1) is 18.9. The van der Waals surface area contributed by atoms with E-state index >= 15 is 0 Å². The molecule has 0 fully saturated rings. The summed E-state index contributed by atoms with van der Waals surface area (Å²) in [5.74, 6) is -1.31. The van der Waals surface area contributed by atoms with Crippen molar-refractivity contribution in [1.82, 2.24) is 5.32 Å². The van der Waals surface area contributed by atoms with Crippen molar-refractivity contribution in [1.29, 1.82) is 0 Å². The lowest BCUT2D eigenvalue weighted by atomic mass is 10.1. The average molecular weight is 363 g/mol. The number of halogens is 2. The molecule has 2 amide bonds. The summed E-state index contributed by atoms with van der Waals surface area (Å²) in [4.78, 5) is 23.9. The van der Waals surface area contributed by atoms with Crippen molar-refractivity contribution in [3.63, 3.8) is 0 Å². The van der Waals surface area contributed by atoms with Crippen LogP contribution in [0.3, 0.4) is 0 Å². The van der Waals surface area contributed by atoms with Crippen molar-refractivity contribution in [2.45, 2.75) is 26.2 Å². The number of anilines is 1. The number of hydrogen-bond donors (Lipinski definition) is 2. The van der Waals surface area contributed by atoms with Crippen LogP contribution in [0.4, 0.5) is 10.1 Å². The van der Waals surface area contributed by atoms with Gasteiger partial charge in [-0.15, -0.1) is 0 Å². The van der Waals surface area contributed by atoms with Gasteiger partial charge in [-0.05, 0) is 48.7 Å². The fraction of sp³-hybridized carbons (Fsp3) is 0.263. The largest absolute Gasteiger partial charge is 0.343 e. The zero-order valence-corrected chi connectivity index (χ0v) is 14.7. The van der Waals surface area contributed by atoms with Crippen LogP contribution in [-0.2, 0) is 11.2 Å². The molecule has 0 aliphatic carbocycles. The number of unbranched alkanes of at least 4 members (excludes halogenated alkanes) is 1. The molecular weight excluding hydrogens is 343 g/mol. The topological polar surface area (TPSA) is 58.2 Å². The summed E-state index contributed by atoms with van der Waals surface area (Å²) >= 11 is 5.65. The minimum absolute atomic E-state index is 0.0787. The second-order valence-electron chi connectivity index (χ2n) is 5.66. The zero-order chi connectivity index (χ0) is 18.2. The number of amides is 2. The van der Waals surface area contributed by atoms with E-state index in [-0.39, 0.29) is 17.5 Å². The van der Waals surface area contributed by atoms with Gasteiger partial charge in [0.2, 0.25) is 5.91 Å². The molecule has 4 nitrogen and oxygen atoms in total. The Labute approximate surface area is 151 Å². The summed E-state index contributed by atoms with van der Waals surface area (Å²) in [5.41, 5.74) is 2.05. The van der Waals surface area contributed by atoms with E-state index in [0.29, 0.717) is 11.3 Å². The molecule has 0 unspecified atom stereocenters. The summed E-state index contributed by atoms with van der Waals surface area (Å²) < 4.78 is 13.1. The predicted octanol–water partition coefficient (Wildman–Crippen LogP) is 4.19.